The number of aromatic nitrogens is 2. The molecular formula is C24H16N3O2S+. The van der Waals surface area contributed by atoms with E-state index in [0.717, 1.165) is 20.6 Å². The van der Waals surface area contributed by atoms with Crippen molar-refractivity contribution in [3.05, 3.63) is 111 Å². The first-order valence-corrected chi connectivity index (χ1v) is 10.4. The monoisotopic (exact) mass is 410 g/mol. The predicted molar refractivity (Wildman–Crippen MR) is 116 cm³/mol. The molecule has 30 heavy (non-hydrogen) atoms. The van der Waals surface area contributed by atoms with Crippen molar-refractivity contribution in [1.82, 2.24) is 4.98 Å². The molecule has 0 bridgehead atoms. The second-order valence-corrected chi connectivity index (χ2v) is 8.25. The Hall–Kier alpha value is -3.77. The van der Waals surface area contributed by atoms with E-state index in [9.17, 15) is 9.90 Å². The van der Waals surface area contributed by atoms with E-state index >= 15 is 0 Å². The molecule has 0 saturated heterocycles. The van der Waals surface area contributed by atoms with Crippen LogP contribution in [-0.2, 0) is 0 Å². The maximum Gasteiger partial charge on any atom is 0.384 e. The van der Waals surface area contributed by atoms with Gasteiger partial charge in [-0.25, -0.2) is 0 Å². The highest BCUT2D eigenvalue weighted by Crippen LogP contribution is 2.35. The van der Waals surface area contributed by atoms with Crippen LogP contribution in [0.15, 0.2) is 88.6 Å². The van der Waals surface area contributed by atoms with Gasteiger partial charge in [0, 0.05) is 10.9 Å². The number of rotatable bonds is 2. The molecule has 1 aliphatic heterocycles. The maximum atomic E-state index is 13.2. The number of aromatic hydroxyl groups is 1. The van der Waals surface area contributed by atoms with Gasteiger partial charge in [-0.2, -0.15) is 4.24 Å². The van der Waals surface area contributed by atoms with Crippen molar-refractivity contribution in [2.45, 2.75) is 6.04 Å². The Kier molecular flexibility index (Phi) is 3.63. The highest BCUT2D eigenvalue weighted by Gasteiger charge is 2.38. The third kappa shape index (κ3) is 2.37. The van der Waals surface area contributed by atoms with E-state index in [1.54, 1.807) is 17.4 Å². The Morgan fingerprint density at radius 1 is 0.933 bits per heavy atom. The standard InChI is InChI=1S/C24H15N3O2S/c28-22-15-10-4-5-11-16(15)25-23(29)19(22)21-20(14-8-2-1-3-9-14)26-24-27(21)17-12-6-7-13-18(17)30-24/h1-13,20H,(H,25,28,29)/p+1. The molecule has 0 aliphatic carbocycles. The Balaban J connectivity index is 1.79. The molecule has 6 heteroatoms. The zero-order valence-electron chi connectivity index (χ0n) is 15.7. The van der Waals surface area contributed by atoms with Gasteiger partial charge in [0.1, 0.15) is 11.3 Å². The second-order valence-electron chi connectivity index (χ2n) is 7.24. The lowest BCUT2D eigenvalue weighted by Gasteiger charge is -2.10. The van der Waals surface area contributed by atoms with Crippen LogP contribution in [-0.4, -0.2) is 10.1 Å². The molecule has 2 aromatic heterocycles. The third-order valence-electron chi connectivity index (χ3n) is 5.50. The lowest BCUT2D eigenvalue weighted by atomic mass is 9.96. The van der Waals surface area contributed by atoms with Crippen molar-refractivity contribution in [1.29, 1.82) is 0 Å². The zero-order valence-corrected chi connectivity index (χ0v) is 16.6. The first kappa shape index (κ1) is 17.1. The summed E-state index contributed by atoms with van der Waals surface area (Å²) in [6, 6.07) is 24.8. The summed E-state index contributed by atoms with van der Waals surface area (Å²) < 4.78 is 3.09. The number of pyridine rings is 1. The molecule has 144 valence electrons. The number of thiazole rings is 1. The van der Waals surface area contributed by atoms with Crippen molar-refractivity contribution in [2.75, 3.05) is 0 Å². The molecule has 1 unspecified atom stereocenters. The van der Waals surface area contributed by atoms with Gasteiger partial charge in [0.05, 0.1) is 10.2 Å². The molecule has 0 spiro atoms. The van der Waals surface area contributed by atoms with E-state index in [-0.39, 0.29) is 22.9 Å². The second kappa shape index (κ2) is 6.37. The maximum absolute atomic E-state index is 13.2. The molecular weight excluding hydrogens is 394 g/mol. The van der Waals surface area contributed by atoms with E-state index in [0.29, 0.717) is 16.6 Å². The number of benzene rings is 3. The molecule has 6 rings (SSSR count). The molecule has 0 saturated carbocycles. The van der Waals surface area contributed by atoms with Crippen molar-refractivity contribution in [3.63, 3.8) is 0 Å². The number of H-pyrrole nitrogens is 1. The van der Waals surface area contributed by atoms with Gasteiger partial charge in [-0.15, -0.1) is 0 Å². The molecule has 0 radical (unpaired) electrons. The molecule has 0 amide bonds. The minimum Gasteiger partial charge on any atom is -0.506 e. The van der Waals surface area contributed by atoms with Crippen LogP contribution in [0, 0.1) is 5.71 Å². The molecule has 5 nitrogen and oxygen atoms in total. The average Bonchev–Trinajstić information content (AvgIpc) is 3.31. The van der Waals surface area contributed by atoms with Crippen molar-refractivity contribution >= 4 is 32.5 Å². The predicted octanol–water partition coefficient (Wildman–Crippen LogP) is 3.54. The number of hydrogen-bond acceptors (Lipinski definition) is 4. The van der Waals surface area contributed by atoms with Crippen LogP contribution in [0.5, 0.6) is 5.75 Å². The van der Waals surface area contributed by atoms with Crippen LogP contribution in [0.2, 0.25) is 0 Å². The number of nitrogens with one attached hydrogen (secondary N) is 1. The normalized spacial score (nSPS) is 15.5. The molecule has 5 aromatic rings. The van der Waals surface area contributed by atoms with E-state index in [4.69, 9.17) is 4.99 Å². The van der Waals surface area contributed by atoms with Crippen molar-refractivity contribution in [3.8, 4) is 5.75 Å². The van der Waals surface area contributed by atoms with Crippen LogP contribution < -0.4 is 14.6 Å². The summed E-state index contributed by atoms with van der Waals surface area (Å²) in [7, 11) is 0. The van der Waals surface area contributed by atoms with Crippen LogP contribution in [0.25, 0.3) is 21.1 Å². The highest BCUT2D eigenvalue weighted by atomic mass is 32.1. The summed E-state index contributed by atoms with van der Waals surface area (Å²) >= 11 is 1.58. The summed E-state index contributed by atoms with van der Waals surface area (Å²) in [5.74, 6) is -0.0175. The van der Waals surface area contributed by atoms with E-state index in [2.05, 4.69) is 4.98 Å². The summed E-state index contributed by atoms with van der Waals surface area (Å²) in [6.45, 7) is 0. The van der Waals surface area contributed by atoms with Gasteiger partial charge in [0.15, 0.2) is 11.2 Å². The van der Waals surface area contributed by atoms with E-state index < -0.39 is 0 Å². The van der Waals surface area contributed by atoms with Gasteiger partial charge >= 0.3 is 4.80 Å². The van der Waals surface area contributed by atoms with E-state index in [1.165, 1.54) is 0 Å². The van der Waals surface area contributed by atoms with Crippen LogP contribution in [0.3, 0.4) is 0 Å². The SMILES string of the molecule is O=c1[nH]c2ccccc2c(O)c1C1=[n+]2c(sc3ccccc32)=NC1c1ccccc1. The van der Waals surface area contributed by atoms with Gasteiger partial charge < -0.3 is 10.1 Å². The lowest BCUT2D eigenvalue weighted by molar-refractivity contribution is -0.498. The fourth-order valence-electron chi connectivity index (χ4n) is 4.17. The summed E-state index contributed by atoms with van der Waals surface area (Å²) in [6.07, 6.45) is 0. The van der Waals surface area contributed by atoms with Gasteiger partial charge in [-0.3, -0.25) is 4.79 Å². The zero-order chi connectivity index (χ0) is 20.2. The largest absolute Gasteiger partial charge is 0.506 e. The highest BCUT2D eigenvalue weighted by molar-refractivity contribution is 7.15. The molecule has 2 N–H and O–H groups in total. The third-order valence-corrected chi connectivity index (χ3v) is 6.54. The van der Waals surface area contributed by atoms with Crippen molar-refractivity contribution in [2.24, 2.45) is 4.99 Å². The lowest BCUT2D eigenvalue weighted by Crippen LogP contribution is -2.35. The quantitative estimate of drug-likeness (QED) is 0.437. The van der Waals surface area contributed by atoms with Crippen LogP contribution >= 0.6 is 11.3 Å². The van der Waals surface area contributed by atoms with Gasteiger partial charge in [-0.1, -0.05) is 59.6 Å². The fraction of sp³-hybridized carbons (Fsp3) is 0.0417. The molecule has 0 fully saturated rings. The summed E-state index contributed by atoms with van der Waals surface area (Å²) in [4.78, 5) is 21.9. The fourth-order valence-corrected chi connectivity index (χ4v) is 5.22. The Labute approximate surface area is 174 Å². The average molecular weight is 410 g/mol. The number of fused-ring (bicyclic) bond motifs is 4. The number of hydrogen-bond donors (Lipinski definition) is 2. The molecule has 1 atom stereocenters. The van der Waals surface area contributed by atoms with Crippen LogP contribution in [0.4, 0.5) is 0 Å². The van der Waals surface area contributed by atoms with E-state index in [1.807, 2.05) is 77.0 Å². The first-order chi connectivity index (χ1) is 14.7. The van der Waals surface area contributed by atoms with Gasteiger partial charge in [-0.05, 0) is 35.6 Å². The number of aromatic amines is 1. The van der Waals surface area contributed by atoms with Crippen LogP contribution in [0.1, 0.15) is 17.2 Å². The Bertz CT molecular complexity index is 1630. The summed E-state index contributed by atoms with van der Waals surface area (Å²) in [5, 5.41) is 11.8. The minimum absolute atomic E-state index is 0.0175. The topological polar surface area (TPSA) is 71.4 Å². The number of nitrogens with zero attached hydrogens (tertiary/aromatic N) is 2. The Morgan fingerprint density at radius 3 is 2.53 bits per heavy atom. The van der Waals surface area contributed by atoms with Gasteiger partial charge in [0.2, 0.25) is 6.04 Å². The number of para-hydroxylation sites is 2. The Morgan fingerprint density at radius 2 is 1.67 bits per heavy atom. The van der Waals surface area contributed by atoms with Crippen molar-refractivity contribution < 1.29 is 9.35 Å². The molecule has 3 heterocycles. The summed E-state index contributed by atoms with van der Waals surface area (Å²) in [5.41, 5.74) is 3.17. The van der Waals surface area contributed by atoms with Gasteiger partial charge in [0.25, 0.3) is 5.56 Å². The first-order valence-electron chi connectivity index (χ1n) is 9.63. The minimum atomic E-state index is -0.379. The smallest absolute Gasteiger partial charge is 0.384 e. The molecule has 3 aromatic carbocycles. The molecule has 1 aliphatic rings.